The molecule has 0 saturated heterocycles. The molecule has 1 aromatic carbocycles. The van der Waals surface area contributed by atoms with Crippen LogP contribution in [0.15, 0.2) is 0 Å². The van der Waals surface area contributed by atoms with E-state index in [9.17, 15) is 14.2 Å². The molecule has 0 amide bonds. The second-order valence-corrected chi connectivity index (χ2v) is 18.0. The first-order valence-corrected chi connectivity index (χ1v) is 21.5. The molecule has 12 radical (unpaired) electrons. The van der Waals surface area contributed by atoms with Crippen LogP contribution in [-0.2, 0) is 418 Å². The first kappa shape index (κ1) is 98.0. The Balaban J connectivity index is -0.000000231. The molecule has 0 saturated carbocycles. The molecular formula is C41H71O7PY12. The van der Waals surface area contributed by atoms with Crippen molar-refractivity contribution < 1.29 is 426 Å². The fourth-order valence-corrected chi connectivity index (χ4v) is 7.60. The Morgan fingerprint density at radius 2 is 1.13 bits per heavy atom. The molecule has 61 heavy (non-hydrogen) atoms. The number of carbonyl (C=O) groups excluding carboxylic acids is 2. The standard InChI is InChI=1S/C41H71O7P.12Y/c1-30(2)18-15-19-31(3)20-16-21-32(4)22-17-27-41(8)28-26-37-35(7)39(33(5)34(6)40(37)48-41)47-38(43)25-24-36(42)23-13-11-10-12-14-29-46-49(9,44)45;;;;;;;;;;;;/h30-32H,10-29H2,1-9H3,(H,44,45);;;;;;;;;;;;/t31-,32-,41-;;;;;;;;;;;;/m1............/s1. The second kappa shape index (κ2) is 56.3. The SMILES string of the molecule is Cc1c(C)c2c(c(C)c1OC(=O)CCC(=O)CCCCCCCOP(C)(=O)O)CC[C@@](C)(CCC[C@H](C)CCC[C@H](C)CCCC(C)C)O2.[Y].[Y].[Y].[Y].[Y].[Y].[Y].[Y].[Y].[Y].[Y].[Y]. The van der Waals surface area contributed by atoms with Gasteiger partial charge in [-0.3, -0.25) is 14.2 Å². The fourth-order valence-electron chi connectivity index (χ4n) is 7.13. The van der Waals surface area contributed by atoms with Gasteiger partial charge in [-0.1, -0.05) is 91.9 Å². The van der Waals surface area contributed by atoms with Crippen LogP contribution in [0.2, 0.25) is 0 Å². The van der Waals surface area contributed by atoms with Gasteiger partial charge in [0, 0.05) is 418 Å². The van der Waals surface area contributed by atoms with Crippen LogP contribution >= 0.6 is 7.60 Å². The van der Waals surface area contributed by atoms with Gasteiger partial charge in [0.2, 0.25) is 0 Å². The smallest absolute Gasteiger partial charge is 0.325 e. The van der Waals surface area contributed by atoms with Gasteiger partial charge in [-0.25, -0.2) is 0 Å². The maximum absolute atomic E-state index is 12.8. The predicted octanol–water partition coefficient (Wildman–Crippen LogP) is 11.5. The Morgan fingerprint density at radius 1 is 0.656 bits per heavy atom. The molecule has 4 atom stereocenters. The molecule has 0 bridgehead atoms. The van der Waals surface area contributed by atoms with E-state index in [1.807, 2.05) is 13.8 Å². The van der Waals surface area contributed by atoms with Gasteiger partial charge >= 0.3 is 13.6 Å². The first-order chi connectivity index (χ1) is 23.0. The first-order valence-electron chi connectivity index (χ1n) is 19.5. The van der Waals surface area contributed by atoms with Gasteiger partial charge in [0.15, 0.2) is 0 Å². The van der Waals surface area contributed by atoms with Crippen molar-refractivity contribution in [2.24, 2.45) is 17.8 Å². The third kappa shape index (κ3) is 46.2. The fraction of sp³-hybridized carbons (Fsp3) is 0.805. The van der Waals surface area contributed by atoms with Crippen molar-refractivity contribution >= 4 is 19.3 Å². The summed E-state index contributed by atoms with van der Waals surface area (Å²) in [6.45, 7) is 19.3. The molecule has 1 N–H and O–H groups in total. The Kier molecular flexibility index (Phi) is 90.5. The van der Waals surface area contributed by atoms with Crippen molar-refractivity contribution in [3.63, 3.8) is 0 Å². The minimum Gasteiger partial charge on any atom is -0.487 e. The minimum atomic E-state index is -3.40. The quantitative estimate of drug-likeness (QED) is 0.0451. The monoisotopic (exact) mass is 1770 g/mol. The average Bonchev–Trinajstić information content (AvgIpc) is 3.01. The third-order valence-corrected chi connectivity index (χ3v) is 11.3. The molecule has 0 aromatic heterocycles. The van der Waals surface area contributed by atoms with E-state index >= 15 is 0 Å². The summed E-state index contributed by atoms with van der Waals surface area (Å²) in [5.74, 6) is 3.69. The van der Waals surface area contributed by atoms with Crippen molar-refractivity contribution in [1.29, 1.82) is 0 Å². The zero-order valence-electron chi connectivity index (χ0n) is 39.6. The summed E-state index contributed by atoms with van der Waals surface area (Å²) in [6.07, 6.45) is 18.4. The number of hydrogen-bond acceptors (Lipinski definition) is 6. The number of benzene rings is 1. The second-order valence-electron chi connectivity index (χ2n) is 16.1. The topological polar surface area (TPSA) is 99.1 Å². The van der Waals surface area contributed by atoms with Crippen LogP contribution in [0.5, 0.6) is 11.5 Å². The zero-order valence-corrected chi connectivity index (χ0v) is 74.6. The Bertz CT molecular complexity index is 1260. The van der Waals surface area contributed by atoms with Crippen molar-refractivity contribution in [2.45, 2.75) is 183 Å². The molecule has 20 heteroatoms. The predicted molar refractivity (Wildman–Crippen MR) is 202 cm³/mol. The van der Waals surface area contributed by atoms with Crippen molar-refractivity contribution in [3.8, 4) is 11.5 Å². The molecule has 0 aliphatic carbocycles. The molecule has 2 rings (SSSR count). The average molecular weight is 1770 g/mol. The normalized spacial score (nSPS) is 14.8. The maximum atomic E-state index is 12.8. The number of ketones is 1. The van der Waals surface area contributed by atoms with E-state index < -0.39 is 7.60 Å². The summed E-state index contributed by atoms with van der Waals surface area (Å²) < 4.78 is 28.7. The van der Waals surface area contributed by atoms with Crippen LogP contribution in [0.4, 0.5) is 0 Å². The number of esters is 1. The number of ether oxygens (including phenoxy) is 2. The number of rotatable bonds is 25. The van der Waals surface area contributed by atoms with Crippen molar-refractivity contribution in [2.75, 3.05) is 13.3 Å². The van der Waals surface area contributed by atoms with Crippen LogP contribution in [0.3, 0.4) is 0 Å². The van der Waals surface area contributed by atoms with E-state index in [4.69, 9.17) is 18.9 Å². The van der Waals surface area contributed by atoms with Crippen LogP contribution in [0.25, 0.3) is 0 Å². The van der Waals surface area contributed by atoms with Crippen LogP contribution < -0.4 is 9.47 Å². The van der Waals surface area contributed by atoms with Gasteiger partial charge in [0.1, 0.15) is 22.9 Å². The van der Waals surface area contributed by atoms with Gasteiger partial charge in [0.25, 0.3) is 0 Å². The summed E-state index contributed by atoms with van der Waals surface area (Å²) in [7, 11) is -3.40. The molecule has 7 nitrogen and oxygen atoms in total. The Labute approximate surface area is 676 Å². The zero-order chi connectivity index (χ0) is 36.6. The molecule has 1 unspecified atom stereocenters. The summed E-state index contributed by atoms with van der Waals surface area (Å²) >= 11 is 0. The minimum absolute atomic E-state index is 0. The third-order valence-electron chi connectivity index (χ3n) is 10.6. The molecule has 1 heterocycles. The molecule has 1 aliphatic rings. The maximum Gasteiger partial charge on any atom is 0.325 e. The number of carbonyl (C=O) groups is 2. The summed E-state index contributed by atoms with van der Waals surface area (Å²) in [4.78, 5) is 34.4. The van der Waals surface area contributed by atoms with Crippen molar-refractivity contribution in [3.05, 3.63) is 22.3 Å². The van der Waals surface area contributed by atoms with E-state index in [1.165, 1.54) is 58.0 Å². The van der Waals surface area contributed by atoms with Gasteiger partial charge in [0.05, 0.1) is 13.0 Å². The molecule has 0 spiro atoms. The number of unbranched alkanes of at least 4 members (excludes halogenated alkanes) is 4. The molecule has 0 fully saturated rings. The largest absolute Gasteiger partial charge is 0.487 e. The molecule has 1 aliphatic heterocycles. The molecular weight excluding hydrogens is 1700 g/mol. The Hall–Kier alpha value is 11.6. The van der Waals surface area contributed by atoms with Crippen LogP contribution in [-0.4, -0.2) is 35.5 Å². The molecule has 318 valence electrons. The van der Waals surface area contributed by atoms with E-state index in [1.54, 1.807) is 0 Å². The summed E-state index contributed by atoms with van der Waals surface area (Å²) in [5.41, 5.74) is 3.89. The van der Waals surface area contributed by atoms with Gasteiger partial charge in [-0.2, -0.15) is 0 Å². The van der Waals surface area contributed by atoms with Crippen molar-refractivity contribution in [1.82, 2.24) is 0 Å². The van der Waals surface area contributed by atoms with E-state index in [0.717, 1.165) is 97.1 Å². The van der Waals surface area contributed by atoms with E-state index in [2.05, 4.69) is 41.5 Å². The van der Waals surface area contributed by atoms with E-state index in [0.29, 0.717) is 12.2 Å². The Morgan fingerprint density at radius 3 is 1.64 bits per heavy atom. The van der Waals surface area contributed by atoms with E-state index in [-0.39, 0.29) is 429 Å². The number of hydrogen-bond donors (Lipinski definition) is 1. The van der Waals surface area contributed by atoms with Gasteiger partial charge in [-0.15, -0.1) is 0 Å². The van der Waals surface area contributed by atoms with Gasteiger partial charge in [-0.05, 0) is 101 Å². The number of Topliss-reactive ketones (excluding diaryl/α,β-unsaturated/α-hetero) is 1. The summed E-state index contributed by atoms with van der Waals surface area (Å²) in [6, 6.07) is 0. The number of fused-ring (bicyclic) bond motifs is 1. The molecule has 1 aromatic rings. The van der Waals surface area contributed by atoms with Crippen LogP contribution in [0.1, 0.15) is 172 Å². The van der Waals surface area contributed by atoms with Crippen LogP contribution in [0, 0.1) is 38.5 Å². The van der Waals surface area contributed by atoms with Gasteiger partial charge < -0.3 is 18.9 Å². The summed E-state index contributed by atoms with van der Waals surface area (Å²) in [5, 5.41) is 0.